The standard InChI is InChI=1S/C15H18BrN5/c1-2-17-13-11(16)12(10-6-3-4-7-10)20-15(21-13)14-18-8-5-9-19-14/h5,8-10H,2-4,6-7H2,1H3,(H,17,20,21). The lowest BCUT2D eigenvalue weighted by Crippen LogP contribution is -2.09. The fourth-order valence-corrected chi connectivity index (χ4v) is 3.37. The fourth-order valence-electron chi connectivity index (χ4n) is 2.73. The van der Waals surface area contributed by atoms with E-state index in [9.17, 15) is 0 Å². The number of anilines is 1. The van der Waals surface area contributed by atoms with Crippen LogP contribution in [0, 0.1) is 0 Å². The zero-order valence-corrected chi connectivity index (χ0v) is 13.6. The van der Waals surface area contributed by atoms with Crippen molar-refractivity contribution in [2.45, 2.75) is 38.5 Å². The molecule has 0 bridgehead atoms. The van der Waals surface area contributed by atoms with Gasteiger partial charge in [-0.2, -0.15) is 0 Å². The second kappa shape index (κ2) is 6.47. The molecule has 6 heteroatoms. The van der Waals surface area contributed by atoms with E-state index in [1.165, 1.54) is 25.7 Å². The lowest BCUT2D eigenvalue weighted by Gasteiger charge is -2.15. The summed E-state index contributed by atoms with van der Waals surface area (Å²) in [5, 5.41) is 3.30. The van der Waals surface area contributed by atoms with Gasteiger partial charge in [0.1, 0.15) is 5.82 Å². The molecule has 1 aliphatic carbocycles. The highest BCUT2D eigenvalue weighted by Crippen LogP contribution is 2.39. The monoisotopic (exact) mass is 347 g/mol. The third-order valence-electron chi connectivity index (χ3n) is 3.73. The first-order valence-corrected chi connectivity index (χ1v) is 8.17. The number of aromatic nitrogens is 4. The van der Waals surface area contributed by atoms with Crippen LogP contribution < -0.4 is 5.32 Å². The average Bonchev–Trinajstić information content (AvgIpc) is 3.04. The highest BCUT2D eigenvalue weighted by atomic mass is 79.9. The van der Waals surface area contributed by atoms with Crippen LogP contribution in [0.15, 0.2) is 22.9 Å². The Balaban J connectivity index is 2.08. The summed E-state index contributed by atoms with van der Waals surface area (Å²) in [6, 6.07) is 1.80. The predicted octanol–water partition coefficient (Wildman–Crippen LogP) is 3.79. The largest absolute Gasteiger partial charge is 0.369 e. The van der Waals surface area contributed by atoms with E-state index in [4.69, 9.17) is 4.98 Å². The third-order valence-corrected chi connectivity index (χ3v) is 4.51. The van der Waals surface area contributed by atoms with Gasteiger partial charge >= 0.3 is 0 Å². The maximum atomic E-state index is 4.74. The summed E-state index contributed by atoms with van der Waals surface area (Å²) in [6.45, 7) is 2.87. The SMILES string of the molecule is CCNc1nc(-c2ncccn2)nc(C2CCCC2)c1Br. The zero-order valence-electron chi connectivity index (χ0n) is 12.0. The van der Waals surface area contributed by atoms with Gasteiger partial charge in [-0.1, -0.05) is 12.8 Å². The van der Waals surface area contributed by atoms with Crippen molar-refractivity contribution in [1.82, 2.24) is 19.9 Å². The molecule has 0 amide bonds. The fraction of sp³-hybridized carbons (Fsp3) is 0.467. The van der Waals surface area contributed by atoms with Crippen molar-refractivity contribution in [1.29, 1.82) is 0 Å². The minimum Gasteiger partial charge on any atom is -0.369 e. The maximum Gasteiger partial charge on any atom is 0.200 e. The van der Waals surface area contributed by atoms with Gasteiger partial charge in [0.2, 0.25) is 0 Å². The molecule has 0 saturated heterocycles. The van der Waals surface area contributed by atoms with Crippen molar-refractivity contribution >= 4 is 21.7 Å². The summed E-state index contributed by atoms with van der Waals surface area (Å²) >= 11 is 3.67. The lowest BCUT2D eigenvalue weighted by atomic mass is 10.0. The molecule has 1 N–H and O–H groups in total. The molecule has 0 aromatic carbocycles. The summed E-state index contributed by atoms with van der Waals surface area (Å²) < 4.78 is 0.982. The third kappa shape index (κ3) is 3.05. The van der Waals surface area contributed by atoms with E-state index < -0.39 is 0 Å². The Hall–Kier alpha value is -1.56. The van der Waals surface area contributed by atoms with Gasteiger partial charge in [-0.15, -0.1) is 0 Å². The van der Waals surface area contributed by atoms with Crippen molar-refractivity contribution in [3.05, 3.63) is 28.6 Å². The van der Waals surface area contributed by atoms with Gasteiger partial charge < -0.3 is 5.32 Å². The second-order valence-electron chi connectivity index (χ2n) is 5.18. The molecule has 2 aromatic heterocycles. The molecule has 1 saturated carbocycles. The van der Waals surface area contributed by atoms with E-state index in [0.717, 1.165) is 22.5 Å². The van der Waals surface area contributed by atoms with Crippen molar-refractivity contribution in [3.8, 4) is 11.6 Å². The van der Waals surface area contributed by atoms with Crippen molar-refractivity contribution in [2.24, 2.45) is 0 Å². The average molecular weight is 348 g/mol. The number of rotatable bonds is 4. The van der Waals surface area contributed by atoms with Crippen LogP contribution in [0.25, 0.3) is 11.6 Å². The maximum absolute atomic E-state index is 4.74. The van der Waals surface area contributed by atoms with Crippen LogP contribution in [0.5, 0.6) is 0 Å². The Kier molecular flexibility index (Phi) is 4.43. The first-order chi connectivity index (χ1) is 10.3. The molecule has 3 rings (SSSR count). The second-order valence-corrected chi connectivity index (χ2v) is 5.97. The number of hydrogen-bond donors (Lipinski definition) is 1. The van der Waals surface area contributed by atoms with Crippen LogP contribution in [-0.4, -0.2) is 26.5 Å². The highest BCUT2D eigenvalue weighted by molar-refractivity contribution is 9.10. The summed E-state index contributed by atoms with van der Waals surface area (Å²) in [7, 11) is 0. The van der Waals surface area contributed by atoms with E-state index >= 15 is 0 Å². The van der Waals surface area contributed by atoms with Gasteiger partial charge in [-0.3, -0.25) is 0 Å². The van der Waals surface area contributed by atoms with Gasteiger partial charge in [-0.05, 0) is 41.8 Å². The van der Waals surface area contributed by atoms with E-state index in [1.54, 1.807) is 18.5 Å². The first-order valence-electron chi connectivity index (χ1n) is 7.38. The summed E-state index contributed by atoms with van der Waals surface area (Å²) in [5.41, 5.74) is 1.08. The van der Waals surface area contributed by atoms with Crippen LogP contribution in [0.3, 0.4) is 0 Å². The number of nitrogens with zero attached hydrogens (tertiary/aromatic N) is 4. The quantitative estimate of drug-likeness (QED) is 0.911. The minimum atomic E-state index is 0.502. The Morgan fingerprint density at radius 1 is 1.14 bits per heavy atom. The molecule has 2 heterocycles. The molecule has 0 radical (unpaired) electrons. The van der Waals surface area contributed by atoms with Crippen LogP contribution in [-0.2, 0) is 0 Å². The Morgan fingerprint density at radius 3 is 2.52 bits per heavy atom. The van der Waals surface area contributed by atoms with Gasteiger partial charge in [0.15, 0.2) is 11.6 Å². The first kappa shape index (κ1) is 14.4. The smallest absolute Gasteiger partial charge is 0.200 e. The Morgan fingerprint density at radius 2 is 1.86 bits per heavy atom. The van der Waals surface area contributed by atoms with Gasteiger partial charge in [0, 0.05) is 24.9 Å². The molecule has 1 aliphatic rings. The van der Waals surface area contributed by atoms with E-state index in [0.29, 0.717) is 17.6 Å². The summed E-state index contributed by atoms with van der Waals surface area (Å²) in [6.07, 6.45) is 8.36. The predicted molar refractivity (Wildman–Crippen MR) is 86.1 cm³/mol. The number of hydrogen-bond acceptors (Lipinski definition) is 5. The molecule has 1 fully saturated rings. The van der Waals surface area contributed by atoms with Crippen LogP contribution >= 0.6 is 15.9 Å². The highest BCUT2D eigenvalue weighted by Gasteiger charge is 2.24. The number of nitrogens with one attached hydrogen (secondary N) is 1. The molecular weight excluding hydrogens is 330 g/mol. The van der Waals surface area contributed by atoms with Crippen molar-refractivity contribution in [2.75, 3.05) is 11.9 Å². The molecule has 21 heavy (non-hydrogen) atoms. The molecule has 5 nitrogen and oxygen atoms in total. The number of halogens is 1. The van der Waals surface area contributed by atoms with E-state index in [-0.39, 0.29) is 0 Å². The van der Waals surface area contributed by atoms with Crippen LogP contribution in [0.2, 0.25) is 0 Å². The summed E-state index contributed by atoms with van der Waals surface area (Å²) in [4.78, 5) is 17.9. The van der Waals surface area contributed by atoms with Crippen LogP contribution in [0.1, 0.15) is 44.2 Å². The molecule has 0 atom stereocenters. The molecule has 0 aliphatic heterocycles. The zero-order chi connectivity index (χ0) is 14.7. The van der Waals surface area contributed by atoms with Crippen molar-refractivity contribution in [3.63, 3.8) is 0 Å². The van der Waals surface area contributed by atoms with Gasteiger partial charge in [-0.25, -0.2) is 19.9 Å². The van der Waals surface area contributed by atoms with Crippen molar-refractivity contribution < 1.29 is 0 Å². The molecular formula is C15H18BrN5. The topological polar surface area (TPSA) is 63.6 Å². The Labute approximate surface area is 132 Å². The van der Waals surface area contributed by atoms with Gasteiger partial charge in [0.05, 0.1) is 10.2 Å². The molecule has 110 valence electrons. The molecule has 2 aromatic rings. The molecule has 0 spiro atoms. The molecule has 0 unspecified atom stereocenters. The normalized spacial score (nSPS) is 15.3. The Bertz CT molecular complexity index is 611. The summed E-state index contributed by atoms with van der Waals surface area (Å²) in [5.74, 6) is 2.50. The van der Waals surface area contributed by atoms with E-state index in [2.05, 4.69) is 43.1 Å². The van der Waals surface area contributed by atoms with E-state index in [1.807, 2.05) is 0 Å². The minimum absolute atomic E-state index is 0.502. The van der Waals surface area contributed by atoms with Crippen LogP contribution in [0.4, 0.5) is 5.82 Å². The van der Waals surface area contributed by atoms with Gasteiger partial charge in [0.25, 0.3) is 0 Å². The lowest BCUT2D eigenvalue weighted by molar-refractivity contribution is 0.690.